The Hall–Kier alpha value is 0.550. The maximum Gasteiger partial charge on any atom is 0.0666 e. The maximum atomic E-state index is 5.92. The first-order valence-electron chi connectivity index (χ1n) is 3.25. The van der Waals surface area contributed by atoms with E-state index in [-0.39, 0.29) is 0 Å². The molecule has 0 radical (unpaired) electrons. The van der Waals surface area contributed by atoms with Crippen molar-refractivity contribution in [3.63, 3.8) is 0 Å². The molecule has 2 rings (SSSR count). The molecule has 1 heterocycles. The standard InChI is InChI=1S/C8H4ClIS2/c9-5-2-1-4-3-6(10)12-8(4)7(5)11/h1-3,11H. The molecule has 0 fully saturated rings. The van der Waals surface area contributed by atoms with Crippen molar-refractivity contribution in [3.8, 4) is 0 Å². The van der Waals surface area contributed by atoms with Gasteiger partial charge in [0.2, 0.25) is 0 Å². The summed E-state index contributed by atoms with van der Waals surface area (Å²) in [7, 11) is 0. The molecule has 0 atom stereocenters. The molecule has 0 bridgehead atoms. The molecule has 1 aromatic heterocycles. The molecule has 0 amide bonds. The number of hydrogen-bond acceptors (Lipinski definition) is 2. The van der Waals surface area contributed by atoms with Crippen LogP contribution in [0.3, 0.4) is 0 Å². The van der Waals surface area contributed by atoms with Crippen LogP contribution >= 0.6 is 58.2 Å². The van der Waals surface area contributed by atoms with Gasteiger partial charge in [0.05, 0.1) is 12.6 Å². The zero-order valence-corrected chi connectivity index (χ0v) is 10.5. The molecule has 0 N–H and O–H groups in total. The minimum absolute atomic E-state index is 0.726. The molecule has 0 unspecified atom stereocenters. The molecular formula is C8H4ClIS2. The Labute approximate surface area is 98.5 Å². The van der Waals surface area contributed by atoms with Crippen LogP contribution < -0.4 is 0 Å². The SMILES string of the molecule is Sc1c(Cl)ccc2cc(I)sc12. The number of thiophene rings is 1. The van der Waals surface area contributed by atoms with E-state index in [4.69, 9.17) is 11.6 Å². The minimum atomic E-state index is 0.726. The normalized spacial score (nSPS) is 10.9. The van der Waals surface area contributed by atoms with Gasteiger partial charge in [0.25, 0.3) is 0 Å². The van der Waals surface area contributed by atoms with Crippen molar-refractivity contribution in [1.29, 1.82) is 0 Å². The van der Waals surface area contributed by atoms with E-state index in [1.807, 2.05) is 12.1 Å². The summed E-state index contributed by atoms with van der Waals surface area (Å²) in [5.74, 6) is 0. The molecule has 0 spiro atoms. The summed E-state index contributed by atoms with van der Waals surface area (Å²) in [6, 6.07) is 6.04. The van der Waals surface area contributed by atoms with Crippen LogP contribution in [0, 0.1) is 2.88 Å². The van der Waals surface area contributed by atoms with Crippen molar-refractivity contribution in [3.05, 3.63) is 26.1 Å². The Bertz CT molecular complexity index is 436. The summed E-state index contributed by atoms with van der Waals surface area (Å²) in [6.07, 6.45) is 0. The lowest BCUT2D eigenvalue weighted by Gasteiger charge is -1.96. The topological polar surface area (TPSA) is 0 Å². The second kappa shape index (κ2) is 3.36. The highest BCUT2D eigenvalue weighted by molar-refractivity contribution is 14.1. The Kier molecular flexibility index (Phi) is 2.56. The van der Waals surface area contributed by atoms with Crippen LogP contribution in [-0.2, 0) is 0 Å². The lowest BCUT2D eigenvalue weighted by atomic mass is 10.3. The third-order valence-corrected chi connectivity index (χ3v) is 4.57. The van der Waals surface area contributed by atoms with Crippen molar-refractivity contribution < 1.29 is 0 Å². The molecular weight excluding hydrogens is 323 g/mol. The quantitative estimate of drug-likeness (QED) is 0.537. The van der Waals surface area contributed by atoms with Gasteiger partial charge >= 0.3 is 0 Å². The van der Waals surface area contributed by atoms with Crippen LogP contribution in [0.15, 0.2) is 23.1 Å². The first-order valence-corrected chi connectivity index (χ1v) is 5.97. The fourth-order valence-electron chi connectivity index (χ4n) is 1.03. The summed E-state index contributed by atoms with van der Waals surface area (Å²) in [5.41, 5.74) is 0. The van der Waals surface area contributed by atoms with Crippen molar-refractivity contribution >= 4 is 68.2 Å². The molecule has 0 nitrogen and oxygen atoms in total. The number of fused-ring (bicyclic) bond motifs is 1. The average molecular weight is 327 g/mol. The van der Waals surface area contributed by atoms with Crippen molar-refractivity contribution in [2.45, 2.75) is 4.90 Å². The number of hydrogen-bond donors (Lipinski definition) is 1. The van der Waals surface area contributed by atoms with Crippen LogP contribution in [-0.4, -0.2) is 0 Å². The molecule has 62 valence electrons. The van der Waals surface area contributed by atoms with E-state index in [1.165, 1.54) is 13.0 Å². The van der Waals surface area contributed by atoms with E-state index >= 15 is 0 Å². The summed E-state index contributed by atoms with van der Waals surface area (Å²) in [4.78, 5) is 0.891. The Balaban J connectivity index is 2.89. The summed E-state index contributed by atoms with van der Waals surface area (Å²) >= 11 is 14.3. The lowest BCUT2D eigenvalue weighted by molar-refractivity contribution is 1.60. The number of halogens is 2. The minimum Gasteiger partial charge on any atom is -0.140 e. The van der Waals surface area contributed by atoms with Gasteiger partial charge in [0.1, 0.15) is 0 Å². The van der Waals surface area contributed by atoms with Crippen LogP contribution in [0.2, 0.25) is 5.02 Å². The monoisotopic (exact) mass is 326 g/mol. The third kappa shape index (κ3) is 1.47. The second-order valence-corrected chi connectivity index (χ2v) is 6.17. The highest BCUT2D eigenvalue weighted by atomic mass is 127. The molecule has 0 aliphatic rings. The predicted octanol–water partition coefficient (Wildman–Crippen LogP) is 4.45. The van der Waals surface area contributed by atoms with Crippen molar-refractivity contribution in [1.82, 2.24) is 0 Å². The zero-order valence-electron chi connectivity index (χ0n) is 5.84. The smallest absolute Gasteiger partial charge is 0.0666 e. The van der Waals surface area contributed by atoms with Gasteiger partial charge in [0, 0.05) is 4.90 Å². The van der Waals surface area contributed by atoms with Crippen molar-refractivity contribution in [2.75, 3.05) is 0 Å². The Morgan fingerprint density at radius 3 is 2.92 bits per heavy atom. The van der Waals surface area contributed by atoms with Gasteiger partial charge in [-0.2, -0.15) is 0 Å². The van der Waals surface area contributed by atoms with Crippen LogP contribution in [0.5, 0.6) is 0 Å². The predicted molar refractivity (Wildman–Crippen MR) is 66.8 cm³/mol. The molecule has 0 aliphatic heterocycles. The molecule has 0 saturated carbocycles. The maximum absolute atomic E-state index is 5.92. The first kappa shape index (κ1) is 9.12. The van der Waals surface area contributed by atoms with Crippen LogP contribution in [0.1, 0.15) is 0 Å². The fraction of sp³-hybridized carbons (Fsp3) is 0. The van der Waals surface area contributed by atoms with E-state index in [0.717, 1.165) is 9.92 Å². The summed E-state index contributed by atoms with van der Waals surface area (Å²) < 4.78 is 2.44. The van der Waals surface area contributed by atoms with Gasteiger partial charge in [-0.3, -0.25) is 0 Å². The van der Waals surface area contributed by atoms with Gasteiger partial charge < -0.3 is 0 Å². The van der Waals surface area contributed by atoms with Gasteiger partial charge in [-0.25, -0.2) is 0 Å². The molecule has 12 heavy (non-hydrogen) atoms. The number of benzene rings is 1. The molecule has 0 saturated heterocycles. The zero-order chi connectivity index (χ0) is 8.72. The second-order valence-electron chi connectivity index (χ2n) is 2.36. The molecule has 0 aliphatic carbocycles. The fourth-order valence-corrected chi connectivity index (χ4v) is 3.42. The highest BCUT2D eigenvalue weighted by Crippen LogP contribution is 2.35. The average Bonchev–Trinajstić information content (AvgIpc) is 2.39. The highest BCUT2D eigenvalue weighted by Gasteiger charge is 2.05. The number of rotatable bonds is 0. The molecule has 2 aromatic rings. The van der Waals surface area contributed by atoms with E-state index < -0.39 is 0 Å². The van der Waals surface area contributed by atoms with Crippen LogP contribution in [0.4, 0.5) is 0 Å². The molecule has 4 heteroatoms. The first-order chi connectivity index (χ1) is 5.68. The largest absolute Gasteiger partial charge is 0.140 e. The number of thiol groups is 1. The van der Waals surface area contributed by atoms with Crippen molar-refractivity contribution in [2.24, 2.45) is 0 Å². The van der Waals surface area contributed by atoms with E-state index in [1.54, 1.807) is 11.3 Å². The molecule has 1 aromatic carbocycles. The van der Waals surface area contributed by atoms with Gasteiger partial charge in [0.15, 0.2) is 0 Å². The van der Waals surface area contributed by atoms with Gasteiger partial charge in [-0.15, -0.1) is 24.0 Å². The van der Waals surface area contributed by atoms with Gasteiger partial charge in [-0.05, 0) is 40.1 Å². The Morgan fingerprint density at radius 2 is 2.17 bits per heavy atom. The van der Waals surface area contributed by atoms with Crippen LogP contribution in [0.25, 0.3) is 10.1 Å². The summed E-state index contributed by atoms with van der Waals surface area (Å²) in [5, 5.41) is 1.95. The third-order valence-electron chi connectivity index (χ3n) is 1.58. The van der Waals surface area contributed by atoms with E-state index in [9.17, 15) is 0 Å². The lowest BCUT2D eigenvalue weighted by Crippen LogP contribution is -1.68. The van der Waals surface area contributed by atoms with E-state index in [0.29, 0.717) is 0 Å². The van der Waals surface area contributed by atoms with E-state index in [2.05, 4.69) is 41.3 Å². The van der Waals surface area contributed by atoms with Gasteiger partial charge in [-0.1, -0.05) is 17.7 Å². The Morgan fingerprint density at radius 1 is 1.42 bits per heavy atom. The summed E-state index contributed by atoms with van der Waals surface area (Å²) in [6.45, 7) is 0.